The van der Waals surface area contributed by atoms with E-state index < -0.39 is 5.82 Å². The third-order valence-electron chi connectivity index (χ3n) is 2.26. The van der Waals surface area contributed by atoms with Crippen LogP contribution in [0.1, 0.15) is 17.8 Å². The van der Waals surface area contributed by atoms with Crippen LogP contribution in [-0.4, -0.2) is 16.5 Å². The molecular weight excluding hydrogens is 261 g/mol. The van der Waals surface area contributed by atoms with E-state index in [0.717, 1.165) is 5.01 Å². The number of rotatable bonds is 4. The molecule has 0 bridgehead atoms. The van der Waals surface area contributed by atoms with Crippen molar-refractivity contribution in [3.63, 3.8) is 0 Å². The summed E-state index contributed by atoms with van der Waals surface area (Å²) >= 11 is 7.21. The van der Waals surface area contributed by atoms with Crippen molar-refractivity contribution >= 4 is 28.8 Å². The summed E-state index contributed by atoms with van der Waals surface area (Å²) in [6.45, 7) is 2.61. The van der Waals surface area contributed by atoms with Crippen molar-refractivity contribution in [3.05, 3.63) is 39.7 Å². The minimum absolute atomic E-state index is 0.215. The molecule has 0 aliphatic carbocycles. The molecule has 17 heavy (non-hydrogen) atoms. The van der Waals surface area contributed by atoms with Crippen molar-refractivity contribution in [2.75, 3.05) is 11.9 Å². The molecule has 0 saturated carbocycles. The van der Waals surface area contributed by atoms with E-state index in [4.69, 9.17) is 11.6 Å². The Morgan fingerprint density at radius 2 is 2.35 bits per heavy atom. The van der Waals surface area contributed by atoms with Crippen molar-refractivity contribution in [1.29, 1.82) is 0 Å². The fourth-order valence-electron chi connectivity index (χ4n) is 1.36. The van der Waals surface area contributed by atoms with Gasteiger partial charge in [0, 0.05) is 30.2 Å². The normalized spacial score (nSPS) is 12.4. The van der Waals surface area contributed by atoms with E-state index in [1.165, 1.54) is 12.3 Å². The summed E-state index contributed by atoms with van der Waals surface area (Å²) in [5, 5.41) is 6.19. The Kier molecular flexibility index (Phi) is 3.91. The summed E-state index contributed by atoms with van der Waals surface area (Å²) in [5.74, 6) is -0.00600. The van der Waals surface area contributed by atoms with Crippen LogP contribution in [0.5, 0.6) is 0 Å². The van der Waals surface area contributed by atoms with Crippen molar-refractivity contribution in [1.82, 2.24) is 9.97 Å². The molecule has 0 aromatic carbocycles. The van der Waals surface area contributed by atoms with Gasteiger partial charge in [-0.25, -0.2) is 14.4 Å². The zero-order valence-electron chi connectivity index (χ0n) is 9.15. The summed E-state index contributed by atoms with van der Waals surface area (Å²) in [4.78, 5) is 8.10. The van der Waals surface area contributed by atoms with Gasteiger partial charge in [0.05, 0.1) is 10.0 Å². The third kappa shape index (κ3) is 3.14. The standard InChI is InChI=1S/C11H11ClFN3S/c1-7(11-14-2-3-17-11)5-15-10-9(13)4-8(12)6-16-10/h2-4,6-7H,5H2,1H3,(H,15,16). The van der Waals surface area contributed by atoms with Crippen LogP contribution in [0.15, 0.2) is 23.8 Å². The summed E-state index contributed by atoms with van der Waals surface area (Å²) in [7, 11) is 0. The van der Waals surface area contributed by atoms with Crippen LogP contribution >= 0.6 is 22.9 Å². The number of thiazole rings is 1. The number of halogens is 2. The lowest BCUT2D eigenvalue weighted by Gasteiger charge is -2.11. The number of hydrogen-bond donors (Lipinski definition) is 1. The quantitative estimate of drug-likeness (QED) is 0.924. The average molecular weight is 272 g/mol. The molecule has 0 saturated heterocycles. The first-order valence-electron chi connectivity index (χ1n) is 5.11. The molecule has 2 rings (SSSR count). The van der Waals surface area contributed by atoms with E-state index in [-0.39, 0.29) is 11.7 Å². The lowest BCUT2D eigenvalue weighted by Crippen LogP contribution is -2.11. The van der Waals surface area contributed by atoms with Crippen molar-refractivity contribution in [3.8, 4) is 0 Å². The smallest absolute Gasteiger partial charge is 0.166 e. The van der Waals surface area contributed by atoms with Crippen LogP contribution in [0.4, 0.5) is 10.2 Å². The number of aromatic nitrogens is 2. The molecule has 0 amide bonds. The molecule has 6 heteroatoms. The van der Waals surface area contributed by atoms with Gasteiger partial charge in [-0.3, -0.25) is 0 Å². The van der Waals surface area contributed by atoms with Crippen LogP contribution in [0, 0.1) is 5.82 Å². The Morgan fingerprint density at radius 3 is 3.00 bits per heavy atom. The first kappa shape index (κ1) is 12.3. The Bertz CT molecular complexity index is 489. The zero-order valence-corrected chi connectivity index (χ0v) is 10.7. The lowest BCUT2D eigenvalue weighted by atomic mass is 10.2. The molecule has 2 aromatic rings. The second-order valence-corrected chi connectivity index (χ2v) is 5.00. The van der Waals surface area contributed by atoms with Crippen molar-refractivity contribution in [2.45, 2.75) is 12.8 Å². The molecule has 2 heterocycles. The lowest BCUT2D eigenvalue weighted by molar-refractivity contribution is 0.622. The Morgan fingerprint density at radius 1 is 1.53 bits per heavy atom. The number of anilines is 1. The van der Waals surface area contributed by atoms with Crippen LogP contribution in [0.3, 0.4) is 0 Å². The summed E-state index contributed by atoms with van der Waals surface area (Å²) < 4.78 is 13.4. The van der Waals surface area contributed by atoms with Gasteiger partial charge in [0.25, 0.3) is 0 Å². The van der Waals surface area contributed by atoms with E-state index in [2.05, 4.69) is 15.3 Å². The van der Waals surface area contributed by atoms with Gasteiger partial charge in [-0.15, -0.1) is 11.3 Å². The number of nitrogens with zero attached hydrogens (tertiary/aromatic N) is 2. The van der Waals surface area contributed by atoms with Gasteiger partial charge >= 0.3 is 0 Å². The summed E-state index contributed by atoms with van der Waals surface area (Å²) in [5.41, 5.74) is 0. The van der Waals surface area contributed by atoms with Crippen LogP contribution < -0.4 is 5.32 Å². The van der Waals surface area contributed by atoms with Crippen molar-refractivity contribution < 1.29 is 4.39 Å². The molecule has 0 fully saturated rings. The maximum absolute atomic E-state index is 13.4. The molecule has 1 unspecified atom stereocenters. The van der Waals surface area contributed by atoms with Crippen LogP contribution in [0.2, 0.25) is 5.02 Å². The van der Waals surface area contributed by atoms with E-state index >= 15 is 0 Å². The Hall–Kier alpha value is -1.20. The van der Waals surface area contributed by atoms with Gasteiger partial charge in [0.15, 0.2) is 11.6 Å². The Balaban J connectivity index is 1.98. The summed E-state index contributed by atoms with van der Waals surface area (Å²) in [6.07, 6.45) is 3.18. The van der Waals surface area contributed by atoms with Gasteiger partial charge in [-0.05, 0) is 6.07 Å². The predicted octanol–water partition coefficient (Wildman–Crippen LogP) is 3.55. The van der Waals surface area contributed by atoms with Crippen LogP contribution in [0.25, 0.3) is 0 Å². The second-order valence-electron chi connectivity index (χ2n) is 3.64. The van der Waals surface area contributed by atoms with Gasteiger partial charge in [-0.1, -0.05) is 18.5 Å². The highest BCUT2D eigenvalue weighted by Gasteiger charge is 2.10. The molecule has 0 radical (unpaired) electrons. The average Bonchev–Trinajstić information content (AvgIpc) is 2.81. The first-order valence-corrected chi connectivity index (χ1v) is 6.37. The number of pyridine rings is 1. The maximum Gasteiger partial charge on any atom is 0.166 e. The largest absolute Gasteiger partial charge is 0.367 e. The maximum atomic E-state index is 13.4. The molecule has 0 aliphatic heterocycles. The van der Waals surface area contributed by atoms with Gasteiger partial charge < -0.3 is 5.32 Å². The van der Waals surface area contributed by atoms with E-state index in [1.54, 1.807) is 17.5 Å². The monoisotopic (exact) mass is 271 g/mol. The molecule has 90 valence electrons. The first-order chi connectivity index (χ1) is 8.16. The fraction of sp³-hybridized carbons (Fsp3) is 0.273. The molecule has 2 aromatic heterocycles. The molecular formula is C11H11ClFN3S. The molecule has 0 spiro atoms. The Labute approximate surface area is 108 Å². The zero-order chi connectivity index (χ0) is 12.3. The highest BCUT2D eigenvalue weighted by atomic mass is 35.5. The fourth-order valence-corrected chi connectivity index (χ4v) is 2.20. The highest BCUT2D eigenvalue weighted by Crippen LogP contribution is 2.20. The van der Waals surface area contributed by atoms with Gasteiger partial charge in [0.1, 0.15) is 0 Å². The summed E-state index contributed by atoms with van der Waals surface area (Å²) in [6, 6.07) is 1.24. The minimum atomic E-state index is -0.441. The van der Waals surface area contributed by atoms with Crippen molar-refractivity contribution in [2.24, 2.45) is 0 Å². The predicted molar refractivity (Wildman–Crippen MR) is 68.2 cm³/mol. The van der Waals surface area contributed by atoms with Gasteiger partial charge in [-0.2, -0.15) is 0 Å². The third-order valence-corrected chi connectivity index (χ3v) is 3.47. The van der Waals surface area contributed by atoms with Gasteiger partial charge in [0.2, 0.25) is 0 Å². The SMILES string of the molecule is CC(CNc1ncc(Cl)cc1F)c1nccs1. The van der Waals surface area contributed by atoms with E-state index in [0.29, 0.717) is 11.6 Å². The van der Waals surface area contributed by atoms with Crippen LogP contribution in [-0.2, 0) is 0 Å². The number of nitrogens with one attached hydrogen (secondary N) is 1. The molecule has 0 aliphatic rings. The second kappa shape index (κ2) is 5.42. The van der Waals surface area contributed by atoms with E-state index in [9.17, 15) is 4.39 Å². The highest BCUT2D eigenvalue weighted by molar-refractivity contribution is 7.09. The molecule has 3 nitrogen and oxygen atoms in total. The van der Waals surface area contributed by atoms with E-state index in [1.807, 2.05) is 12.3 Å². The minimum Gasteiger partial charge on any atom is -0.367 e. The molecule has 1 N–H and O–H groups in total. The number of hydrogen-bond acceptors (Lipinski definition) is 4. The topological polar surface area (TPSA) is 37.8 Å². The molecule has 1 atom stereocenters.